The van der Waals surface area contributed by atoms with E-state index < -0.39 is 0 Å². The number of para-hydroxylation sites is 2. The van der Waals surface area contributed by atoms with Crippen LogP contribution in [0.3, 0.4) is 0 Å². The molecule has 0 aliphatic carbocycles. The maximum atomic E-state index is 6.54. The van der Waals surface area contributed by atoms with Gasteiger partial charge in [0.25, 0.3) is 0 Å². The Morgan fingerprint density at radius 2 is 0.875 bits per heavy atom. The first-order valence-electron chi connectivity index (χ1n) is 13.6. The third-order valence-corrected chi connectivity index (χ3v) is 9.50. The molecule has 2 heteroatoms. The van der Waals surface area contributed by atoms with Gasteiger partial charge in [0.2, 0.25) is 0 Å². The van der Waals surface area contributed by atoms with Gasteiger partial charge in [-0.15, -0.1) is 11.3 Å². The van der Waals surface area contributed by atoms with Crippen LogP contribution < -0.4 is 0 Å². The second-order valence-electron chi connectivity index (χ2n) is 10.4. The van der Waals surface area contributed by atoms with Gasteiger partial charge >= 0.3 is 0 Å². The lowest BCUT2D eigenvalue weighted by Gasteiger charge is -2.18. The molecule has 40 heavy (non-hydrogen) atoms. The van der Waals surface area contributed by atoms with E-state index in [1.165, 1.54) is 58.4 Å². The van der Waals surface area contributed by atoms with Crippen LogP contribution in [0.25, 0.3) is 85.9 Å². The molecule has 1 nitrogen and oxygen atoms in total. The fraction of sp³-hybridized carbons (Fsp3) is 0. The first-order chi connectivity index (χ1) is 19.9. The first-order valence-corrected chi connectivity index (χ1v) is 14.4. The van der Waals surface area contributed by atoms with Gasteiger partial charge in [-0.1, -0.05) is 121 Å². The number of rotatable bonds is 2. The normalized spacial score (nSPS) is 12.0. The topological polar surface area (TPSA) is 13.1 Å². The maximum Gasteiger partial charge on any atom is 0.143 e. The molecule has 0 bridgehead atoms. The lowest BCUT2D eigenvalue weighted by molar-refractivity contribution is 0.670. The molecule has 0 amide bonds. The Morgan fingerprint density at radius 1 is 0.375 bits per heavy atom. The second kappa shape index (κ2) is 8.29. The van der Waals surface area contributed by atoms with Crippen molar-refractivity contribution in [3.8, 4) is 22.3 Å². The number of fused-ring (bicyclic) bond motifs is 8. The molecule has 0 aliphatic heterocycles. The molecule has 7 aromatic carbocycles. The summed E-state index contributed by atoms with van der Waals surface area (Å²) in [6.07, 6.45) is 0. The third-order valence-electron chi connectivity index (χ3n) is 8.28. The number of hydrogen-bond donors (Lipinski definition) is 0. The molecule has 9 aromatic rings. The number of thiophene rings is 1. The van der Waals surface area contributed by atoms with E-state index in [0.29, 0.717) is 0 Å². The fourth-order valence-electron chi connectivity index (χ4n) is 6.60. The summed E-state index contributed by atoms with van der Waals surface area (Å²) in [6.45, 7) is 0. The molecule has 0 radical (unpaired) electrons. The Kier molecular flexibility index (Phi) is 4.55. The summed E-state index contributed by atoms with van der Waals surface area (Å²) in [6, 6.07) is 48.1. The smallest absolute Gasteiger partial charge is 0.143 e. The molecule has 2 aromatic heterocycles. The zero-order valence-electron chi connectivity index (χ0n) is 21.5. The summed E-state index contributed by atoms with van der Waals surface area (Å²) in [7, 11) is 0. The predicted molar refractivity (Wildman–Crippen MR) is 172 cm³/mol. The molecule has 0 saturated carbocycles. The number of benzene rings is 7. The van der Waals surface area contributed by atoms with E-state index in [1.54, 1.807) is 0 Å². The average molecular weight is 527 g/mol. The molecule has 9 rings (SSSR count). The standard InChI is InChI=1S/C38H22OS/c1-3-15-27-25(13-1)35(31-19-9-17-29-23-11-5-7-21-33(23)39-37(29)31)26-14-2-4-16-28(26)36(27)32-20-10-18-30-24-12-6-8-22-34(24)40-38(30)32/h1-22H. The maximum absolute atomic E-state index is 6.54. The highest BCUT2D eigenvalue weighted by Gasteiger charge is 2.21. The van der Waals surface area contributed by atoms with Gasteiger partial charge in [-0.2, -0.15) is 0 Å². The summed E-state index contributed by atoms with van der Waals surface area (Å²) >= 11 is 1.89. The molecular formula is C38H22OS. The number of hydrogen-bond acceptors (Lipinski definition) is 2. The largest absolute Gasteiger partial charge is 0.455 e. The van der Waals surface area contributed by atoms with E-state index in [4.69, 9.17) is 4.42 Å². The van der Waals surface area contributed by atoms with E-state index in [-0.39, 0.29) is 0 Å². The quantitative estimate of drug-likeness (QED) is 0.204. The van der Waals surface area contributed by atoms with Gasteiger partial charge in [-0.05, 0) is 39.2 Å². The summed E-state index contributed by atoms with van der Waals surface area (Å²) in [5, 5.41) is 9.95. The van der Waals surface area contributed by atoms with Gasteiger partial charge in [-0.25, -0.2) is 0 Å². The zero-order chi connectivity index (χ0) is 26.2. The summed E-state index contributed by atoms with van der Waals surface area (Å²) in [4.78, 5) is 0. The average Bonchev–Trinajstić information content (AvgIpc) is 3.59. The van der Waals surface area contributed by atoms with Crippen LogP contribution >= 0.6 is 11.3 Å². The lowest BCUT2D eigenvalue weighted by atomic mass is 9.85. The minimum absolute atomic E-state index is 0.923. The van der Waals surface area contributed by atoms with Crippen molar-refractivity contribution in [1.82, 2.24) is 0 Å². The van der Waals surface area contributed by atoms with Gasteiger partial charge in [0.15, 0.2) is 0 Å². The van der Waals surface area contributed by atoms with Crippen LogP contribution in [-0.4, -0.2) is 0 Å². The van der Waals surface area contributed by atoms with Crippen LogP contribution in [0.1, 0.15) is 0 Å². The van der Waals surface area contributed by atoms with Crippen LogP contribution in [0.5, 0.6) is 0 Å². The Morgan fingerprint density at radius 3 is 1.57 bits per heavy atom. The van der Waals surface area contributed by atoms with E-state index >= 15 is 0 Å². The van der Waals surface area contributed by atoms with Crippen LogP contribution in [-0.2, 0) is 0 Å². The molecule has 0 spiro atoms. The minimum atomic E-state index is 0.923. The highest BCUT2D eigenvalue weighted by molar-refractivity contribution is 7.26. The molecule has 0 saturated heterocycles. The van der Waals surface area contributed by atoms with Crippen molar-refractivity contribution in [2.75, 3.05) is 0 Å². The van der Waals surface area contributed by atoms with E-state index in [2.05, 4.69) is 127 Å². The van der Waals surface area contributed by atoms with Crippen molar-refractivity contribution in [2.24, 2.45) is 0 Å². The Balaban J connectivity index is 1.46. The highest BCUT2D eigenvalue weighted by atomic mass is 32.1. The minimum Gasteiger partial charge on any atom is -0.455 e. The van der Waals surface area contributed by atoms with Gasteiger partial charge in [0.1, 0.15) is 11.2 Å². The third kappa shape index (κ3) is 2.97. The molecular weight excluding hydrogens is 504 g/mol. The van der Waals surface area contributed by atoms with Crippen LogP contribution in [0, 0.1) is 0 Å². The molecule has 0 N–H and O–H groups in total. The van der Waals surface area contributed by atoms with Crippen molar-refractivity contribution in [3.05, 3.63) is 133 Å². The summed E-state index contributed by atoms with van der Waals surface area (Å²) < 4.78 is 9.21. The van der Waals surface area contributed by atoms with Crippen LogP contribution in [0.15, 0.2) is 138 Å². The van der Waals surface area contributed by atoms with Crippen molar-refractivity contribution < 1.29 is 4.42 Å². The highest BCUT2D eigenvalue weighted by Crippen LogP contribution is 2.49. The van der Waals surface area contributed by atoms with E-state index in [0.717, 1.165) is 27.5 Å². The van der Waals surface area contributed by atoms with Crippen molar-refractivity contribution >= 4 is 75.0 Å². The molecule has 0 unspecified atom stereocenters. The monoisotopic (exact) mass is 526 g/mol. The second-order valence-corrected chi connectivity index (χ2v) is 11.5. The Bertz CT molecular complexity index is 2210. The van der Waals surface area contributed by atoms with Gasteiger partial charge in [-0.3, -0.25) is 0 Å². The fourth-order valence-corrected chi connectivity index (χ4v) is 7.82. The molecule has 186 valence electrons. The van der Waals surface area contributed by atoms with Crippen LogP contribution in [0.2, 0.25) is 0 Å². The summed E-state index contributed by atoms with van der Waals surface area (Å²) in [5.41, 5.74) is 6.81. The Labute approximate surface area is 234 Å². The van der Waals surface area contributed by atoms with E-state index in [1.807, 2.05) is 17.4 Å². The van der Waals surface area contributed by atoms with Gasteiger partial charge in [0, 0.05) is 47.6 Å². The van der Waals surface area contributed by atoms with Crippen LogP contribution in [0.4, 0.5) is 0 Å². The first kappa shape index (κ1) is 22.0. The molecule has 0 atom stereocenters. The molecule has 2 heterocycles. The number of furan rings is 1. The van der Waals surface area contributed by atoms with Crippen molar-refractivity contribution in [3.63, 3.8) is 0 Å². The molecule has 0 aliphatic rings. The molecule has 0 fully saturated rings. The SMILES string of the molecule is c1ccc2c(c1)oc1c(-c3c4ccccc4c(-c4cccc5c4sc4ccccc45)c4ccccc34)cccc12. The van der Waals surface area contributed by atoms with E-state index in [9.17, 15) is 0 Å². The Hall–Kier alpha value is -4.92. The zero-order valence-corrected chi connectivity index (χ0v) is 22.3. The van der Waals surface area contributed by atoms with Gasteiger partial charge in [0.05, 0.1) is 0 Å². The van der Waals surface area contributed by atoms with Gasteiger partial charge < -0.3 is 4.42 Å². The lowest BCUT2D eigenvalue weighted by Crippen LogP contribution is -1.91. The van der Waals surface area contributed by atoms with Crippen molar-refractivity contribution in [2.45, 2.75) is 0 Å². The van der Waals surface area contributed by atoms with Crippen molar-refractivity contribution in [1.29, 1.82) is 0 Å². The predicted octanol–water partition coefficient (Wildman–Crippen LogP) is 11.6. The summed E-state index contributed by atoms with van der Waals surface area (Å²) in [5.74, 6) is 0.